The molecular formula is C14H24O4. The van der Waals surface area contributed by atoms with Gasteiger partial charge >= 0.3 is 11.9 Å². The second kappa shape index (κ2) is 7.39. The molecule has 1 rings (SSSR count). The topological polar surface area (TPSA) is 52.6 Å². The van der Waals surface area contributed by atoms with Gasteiger partial charge in [0.25, 0.3) is 0 Å². The minimum absolute atomic E-state index is 0.245. The van der Waals surface area contributed by atoms with Crippen LogP contribution in [0.1, 0.15) is 46.5 Å². The Morgan fingerprint density at radius 3 is 2.06 bits per heavy atom. The van der Waals surface area contributed by atoms with Crippen LogP contribution in [0.2, 0.25) is 0 Å². The van der Waals surface area contributed by atoms with Crippen LogP contribution in [0.3, 0.4) is 0 Å². The second-order valence-corrected chi connectivity index (χ2v) is 4.86. The van der Waals surface area contributed by atoms with Crippen molar-refractivity contribution in [2.75, 3.05) is 13.2 Å². The molecule has 104 valence electrons. The van der Waals surface area contributed by atoms with Gasteiger partial charge in [-0.15, -0.1) is 0 Å². The summed E-state index contributed by atoms with van der Waals surface area (Å²) >= 11 is 0. The summed E-state index contributed by atoms with van der Waals surface area (Å²) in [5.41, 5.74) is 0. The van der Waals surface area contributed by atoms with Crippen LogP contribution in [0.15, 0.2) is 0 Å². The lowest BCUT2D eigenvalue weighted by molar-refractivity contribution is -0.162. The zero-order valence-electron chi connectivity index (χ0n) is 11.6. The minimum atomic E-state index is -0.410. The Hall–Kier alpha value is -1.06. The Morgan fingerprint density at radius 2 is 1.56 bits per heavy atom. The summed E-state index contributed by atoms with van der Waals surface area (Å²) in [6.07, 6.45) is 4.28. The van der Waals surface area contributed by atoms with Crippen molar-refractivity contribution in [1.82, 2.24) is 0 Å². The smallest absolute Gasteiger partial charge is 0.310 e. The summed E-state index contributed by atoms with van der Waals surface area (Å²) < 4.78 is 10.1. The maximum Gasteiger partial charge on any atom is 0.310 e. The number of esters is 2. The molecule has 4 heteroatoms. The van der Waals surface area contributed by atoms with Crippen LogP contribution in [0.5, 0.6) is 0 Å². The highest BCUT2D eigenvalue weighted by Gasteiger charge is 2.39. The van der Waals surface area contributed by atoms with E-state index in [0.717, 1.165) is 25.7 Å². The van der Waals surface area contributed by atoms with E-state index in [-0.39, 0.29) is 23.8 Å². The zero-order valence-corrected chi connectivity index (χ0v) is 11.6. The van der Waals surface area contributed by atoms with Gasteiger partial charge in [0.05, 0.1) is 25.0 Å². The molecule has 0 aliphatic heterocycles. The number of ether oxygens (including phenoxy) is 2. The fourth-order valence-electron chi connectivity index (χ4n) is 2.78. The molecule has 0 heterocycles. The lowest BCUT2D eigenvalue weighted by atomic mass is 9.81. The van der Waals surface area contributed by atoms with Crippen LogP contribution in [-0.2, 0) is 19.1 Å². The van der Waals surface area contributed by atoms with E-state index in [1.165, 1.54) is 0 Å². The molecule has 0 aromatic rings. The molecule has 1 fully saturated rings. The molecule has 1 aliphatic rings. The highest BCUT2D eigenvalue weighted by molar-refractivity contribution is 5.82. The van der Waals surface area contributed by atoms with Gasteiger partial charge in [-0.2, -0.15) is 0 Å². The first-order valence-electron chi connectivity index (χ1n) is 6.95. The molecule has 0 bridgehead atoms. The third-order valence-corrected chi connectivity index (χ3v) is 3.66. The van der Waals surface area contributed by atoms with E-state index in [1.807, 2.05) is 0 Å². The van der Waals surface area contributed by atoms with E-state index < -0.39 is 5.92 Å². The van der Waals surface area contributed by atoms with Gasteiger partial charge < -0.3 is 9.47 Å². The van der Waals surface area contributed by atoms with Gasteiger partial charge in [-0.25, -0.2) is 0 Å². The van der Waals surface area contributed by atoms with Gasteiger partial charge in [-0.05, 0) is 32.6 Å². The van der Waals surface area contributed by atoms with E-state index >= 15 is 0 Å². The monoisotopic (exact) mass is 256 g/mol. The molecule has 0 N–H and O–H groups in total. The van der Waals surface area contributed by atoms with Crippen LogP contribution in [-0.4, -0.2) is 25.2 Å². The Balaban J connectivity index is 2.75. The quantitative estimate of drug-likeness (QED) is 0.685. The summed E-state index contributed by atoms with van der Waals surface area (Å²) in [5, 5.41) is 0. The molecule has 1 aliphatic carbocycles. The first-order chi connectivity index (χ1) is 8.61. The number of rotatable bonds is 6. The summed E-state index contributed by atoms with van der Waals surface area (Å²) in [6.45, 7) is 6.05. The van der Waals surface area contributed by atoms with Gasteiger partial charge in [-0.1, -0.05) is 19.8 Å². The Bertz CT molecular complexity index is 282. The molecule has 0 saturated heterocycles. The van der Waals surface area contributed by atoms with Gasteiger partial charge in [0, 0.05) is 0 Å². The predicted molar refractivity (Wildman–Crippen MR) is 67.9 cm³/mol. The summed E-state index contributed by atoms with van der Waals surface area (Å²) in [5.74, 6) is -1.02. The van der Waals surface area contributed by atoms with Crippen LogP contribution < -0.4 is 0 Å². The third kappa shape index (κ3) is 3.72. The van der Waals surface area contributed by atoms with Crippen molar-refractivity contribution < 1.29 is 19.1 Å². The first-order valence-corrected chi connectivity index (χ1v) is 6.95. The average Bonchev–Trinajstić information content (AvgIpc) is 2.83. The molecule has 2 atom stereocenters. The van der Waals surface area contributed by atoms with Gasteiger partial charge in [0.1, 0.15) is 0 Å². The van der Waals surface area contributed by atoms with Crippen molar-refractivity contribution >= 4 is 11.9 Å². The van der Waals surface area contributed by atoms with Crippen molar-refractivity contribution in [3.8, 4) is 0 Å². The number of carbonyl (C=O) groups is 2. The van der Waals surface area contributed by atoms with Gasteiger partial charge in [0.2, 0.25) is 0 Å². The SMILES string of the molecule is CCOC(=O)C(C)C(C(=O)OCC)C1CCCC1. The van der Waals surface area contributed by atoms with Crippen LogP contribution in [0.4, 0.5) is 0 Å². The van der Waals surface area contributed by atoms with Crippen molar-refractivity contribution in [1.29, 1.82) is 0 Å². The third-order valence-electron chi connectivity index (χ3n) is 3.66. The summed E-state index contributed by atoms with van der Waals surface area (Å²) in [7, 11) is 0. The normalized spacial score (nSPS) is 19.3. The largest absolute Gasteiger partial charge is 0.466 e. The fourth-order valence-corrected chi connectivity index (χ4v) is 2.78. The molecule has 0 radical (unpaired) electrons. The Kier molecular flexibility index (Phi) is 6.16. The van der Waals surface area contributed by atoms with Crippen LogP contribution in [0.25, 0.3) is 0 Å². The van der Waals surface area contributed by atoms with E-state index in [1.54, 1.807) is 20.8 Å². The Labute approximate surface area is 109 Å². The fraction of sp³-hybridized carbons (Fsp3) is 0.857. The summed E-state index contributed by atoms with van der Waals surface area (Å²) in [4.78, 5) is 23.9. The Morgan fingerprint density at radius 1 is 1.06 bits per heavy atom. The molecule has 0 spiro atoms. The van der Waals surface area contributed by atoms with E-state index in [0.29, 0.717) is 13.2 Å². The van der Waals surface area contributed by atoms with E-state index in [4.69, 9.17) is 9.47 Å². The molecule has 1 saturated carbocycles. The maximum atomic E-state index is 12.1. The van der Waals surface area contributed by atoms with E-state index in [9.17, 15) is 9.59 Å². The minimum Gasteiger partial charge on any atom is -0.466 e. The second-order valence-electron chi connectivity index (χ2n) is 4.86. The van der Waals surface area contributed by atoms with Crippen molar-refractivity contribution in [3.05, 3.63) is 0 Å². The highest BCUT2D eigenvalue weighted by atomic mass is 16.5. The lowest BCUT2D eigenvalue weighted by Gasteiger charge is -2.26. The van der Waals surface area contributed by atoms with Crippen molar-refractivity contribution in [2.24, 2.45) is 17.8 Å². The number of carbonyl (C=O) groups excluding carboxylic acids is 2. The molecule has 0 aromatic heterocycles. The molecule has 4 nitrogen and oxygen atoms in total. The zero-order chi connectivity index (χ0) is 13.5. The number of hydrogen-bond acceptors (Lipinski definition) is 4. The maximum absolute atomic E-state index is 12.1. The molecule has 0 amide bonds. The van der Waals surface area contributed by atoms with Crippen molar-refractivity contribution in [2.45, 2.75) is 46.5 Å². The van der Waals surface area contributed by atoms with Gasteiger partial charge in [-0.3, -0.25) is 9.59 Å². The van der Waals surface area contributed by atoms with Gasteiger partial charge in [0.15, 0.2) is 0 Å². The number of hydrogen-bond donors (Lipinski definition) is 0. The molecular weight excluding hydrogens is 232 g/mol. The first kappa shape index (κ1) is 15.0. The molecule has 0 aromatic carbocycles. The van der Waals surface area contributed by atoms with Crippen molar-refractivity contribution in [3.63, 3.8) is 0 Å². The lowest BCUT2D eigenvalue weighted by Crippen LogP contribution is -2.35. The predicted octanol–water partition coefficient (Wildman–Crippen LogP) is 2.56. The molecule has 2 unspecified atom stereocenters. The highest BCUT2D eigenvalue weighted by Crippen LogP contribution is 2.36. The molecule has 18 heavy (non-hydrogen) atoms. The standard InChI is InChI=1S/C14H24O4/c1-4-17-13(15)10(3)12(14(16)18-5-2)11-8-6-7-9-11/h10-12H,4-9H2,1-3H3. The van der Waals surface area contributed by atoms with E-state index in [2.05, 4.69) is 0 Å². The van der Waals surface area contributed by atoms with Crippen LogP contribution >= 0.6 is 0 Å². The van der Waals surface area contributed by atoms with Crippen LogP contribution in [0, 0.1) is 17.8 Å². The average molecular weight is 256 g/mol. The summed E-state index contributed by atoms with van der Waals surface area (Å²) in [6, 6.07) is 0.